The van der Waals surface area contributed by atoms with Crippen LogP contribution in [0.5, 0.6) is 11.5 Å². The molecule has 1 atom stereocenters. The van der Waals surface area contributed by atoms with Crippen molar-refractivity contribution in [2.75, 3.05) is 26.8 Å². The maximum atomic E-state index is 9.63. The number of aliphatic hydroxyl groups is 1. The molecule has 0 aromatic heterocycles. The first-order chi connectivity index (χ1) is 8.26. The van der Waals surface area contributed by atoms with Crippen LogP contribution in [-0.4, -0.2) is 38.0 Å². The summed E-state index contributed by atoms with van der Waals surface area (Å²) in [4.78, 5) is 0. The number of hydrogen-bond acceptors (Lipinski definition) is 4. The Hall–Kier alpha value is -1.26. The number of nitrogens with one attached hydrogen (secondary N) is 1. The lowest BCUT2D eigenvalue weighted by molar-refractivity contribution is 0.106. The van der Waals surface area contributed by atoms with Gasteiger partial charge in [-0.05, 0) is 37.2 Å². The van der Waals surface area contributed by atoms with E-state index in [1.807, 2.05) is 24.3 Å². The summed E-state index contributed by atoms with van der Waals surface area (Å²) in [5.74, 6) is 1.53. The fourth-order valence-corrected chi connectivity index (χ4v) is 1.37. The van der Waals surface area contributed by atoms with Gasteiger partial charge in [0.2, 0.25) is 0 Å². The van der Waals surface area contributed by atoms with E-state index >= 15 is 0 Å². The van der Waals surface area contributed by atoms with Crippen LogP contribution in [0.25, 0.3) is 0 Å². The first-order valence-corrected chi connectivity index (χ1v) is 5.92. The smallest absolute Gasteiger partial charge is 0.119 e. The molecule has 0 heterocycles. The van der Waals surface area contributed by atoms with Crippen molar-refractivity contribution in [1.29, 1.82) is 0 Å². The summed E-state index contributed by atoms with van der Waals surface area (Å²) in [6.07, 6.45) is 0.579. The molecule has 2 N–H and O–H groups in total. The molecule has 0 bridgehead atoms. The topological polar surface area (TPSA) is 50.7 Å². The molecular formula is C13H21NO3. The van der Waals surface area contributed by atoms with Crippen LogP contribution < -0.4 is 14.8 Å². The monoisotopic (exact) mass is 239 g/mol. The first kappa shape index (κ1) is 13.8. The van der Waals surface area contributed by atoms with Crippen LogP contribution in [0.15, 0.2) is 24.3 Å². The van der Waals surface area contributed by atoms with Gasteiger partial charge in [0.05, 0.1) is 7.11 Å². The molecule has 0 radical (unpaired) electrons. The van der Waals surface area contributed by atoms with E-state index in [2.05, 4.69) is 12.2 Å². The summed E-state index contributed by atoms with van der Waals surface area (Å²) in [5, 5.41) is 12.8. The molecule has 0 saturated carbocycles. The lowest BCUT2D eigenvalue weighted by Gasteiger charge is -2.13. The quantitative estimate of drug-likeness (QED) is 0.674. The van der Waals surface area contributed by atoms with Crippen LogP contribution in [0.3, 0.4) is 0 Å². The Labute approximate surface area is 103 Å². The van der Waals surface area contributed by atoms with E-state index in [4.69, 9.17) is 9.47 Å². The van der Waals surface area contributed by atoms with Crippen molar-refractivity contribution >= 4 is 0 Å². The Morgan fingerprint density at radius 3 is 2.47 bits per heavy atom. The van der Waals surface area contributed by atoms with Gasteiger partial charge in [-0.1, -0.05) is 6.92 Å². The van der Waals surface area contributed by atoms with E-state index in [1.165, 1.54) is 0 Å². The molecule has 0 amide bonds. The van der Waals surface area contributed by atoms with Gasteiger partial charge in [0.25, 0.3) is 0 Å². The van der Waals surface area contributed by atoms with Gasteiger partial charge >= 0.3 is 0 Å². The third-order valence-corrected chi connectivity index (χ3v) is 2.31. The molecule has 0 unspecified atom stereocenters. The summed E-state index contributed by atoms with van der Waals surface area (Å²) in [5.41, 5.74) is 0. The number of benzene rings is 1. The number of rotatable bonds is 8. The maximum absolute atomic E-state index is 9.63. The minimum Gasteiger partial charge on any atom is -0.497 e. The van der Waals surface area contributed by atoms with Crippen molar-refractivity contribution in [2.45, 2.75) is 19.4 Å². The fourth-order valence-electron chi connectivity index (χ4n) is 1.37. The lowest BCUT2D eigenvalue weighted by atomic mass is 10.3. The molecular weight excluding hydrogens is 218 g/mol. The molecule has 0 aliphatic carbocycles. The summed E-state index contributed by atoms with van der Waals surface area (Å²) >= 11 is 0. The average Bonchev–Trinajstić information content (AvgIpc) is 2.37. The number of hydrogen-bond donors (Lipinski definition) is 2. The van der Waals surface area contributed by atoms with Crippen LogP contribution >= 0.6 is 0 Å². The van der Waals surface area contributed by atoms with Gasteiger partial charge in [-0.15, -0.1) is 0 Å². The maximum Gasteiger partial charge on any atom is 0.119 e. The van der Waals surface area contributed by atoms with Gasteiger partial charge < -0.3 is 19.9 Å². The van der Waals surface area contributed by atoms with Gasteiger partial charge in [0.15, 0.2) is 0 Å². The highest BCUT2D eigenvalue weighted by Crippen LogP contribution is 2.16. The Morgan fingerprint density at radius 2 is 1.88 bits per heavy atom. The fraction of sp³-hybridized carbons (Fsp3) is 0.538. The highest BCUT2D eigenvalue weighted by atomic mass is 16.5. The van der Waals surface area contributed by atoms with Crippen LogP contribution in [0, 0.1) is 0 Å². The van der Waals surface area contributed by atoms with Gasteiger partial charge in [0, 0.05) is 6.54 Å². The van der Waals surface area contributed by atoms with Gasteiger partial charge in [-0.3, -0.25) is 0 Å². The average molecular weight is 239 g/mol. The Morgan fingerprint density at radius 1 is 1.24 bits per heavy atom. The molecule has 0 saturated heterocycles. The first-order valence-electron chi connectivity index (χ1n) is 5.92. The van der Waals surface area contributed by atoms with Gasteiger partial charge in [-0.2, -0.15) is 0 Å². The van der Waals surface area contributed by atoms with E-state index in [-0.39, 0.29) is 0 Å². The molecule has 0 spiro atoms. The van der Waals surface area contributed by atoms with Crippen molar-refractivity contribution in [3.63, 3.8) is 0 Å². The molecule has 0 fully saturated rings. The summed E-state index contributed by atoms with van der Waals surface area (Å²) in [6, 6.07) is 7.31. The van der Waals surface area contributed by atoms with E-state index in [1.54, 1.807) is 7.11 Å². The second-order valence-electron chi connectivity index (χ2n) is 3.84. The zero-order chi connectivity index (χ0) is 12.5. The van der Waals surface area contributed by atoms with E-state index < -0.39 is 6.10 Å². The number of ether oxygens (including phenoxy) is 2. The Balaban J connectivity index is 2.24. The third kappa shape index (κ3) is 5.56. The van der Waals surface area contributed by atoms with E-state index in [0.29, 0.717) is 13.2 Å². The van der Waals surface area contributed by atoms with Gasteiger partial charge in [0.1, 0.15) is 24.2 Å². The largest absolute Gasteiger partial charge is 0.497 e. The van der Waals surface area contributed by atoms with Crippen LogP contribution in [0.2, 0.25) is 0 Å². The summed E-state index contributed by atoms with van der Waals surface area (Å²) in [7, 11) is 1.62. The zero-order valence-corrected chi connectivity index (χ0v) is 10.5. The number of aliphatic hydroxyl groups excluding tert-OH is 1. The summed E-state index contributed by atoms with van der Waals surface area (Å²) < 4.78 is 10.5. The standard InChI is InChI=1S/C13H21NO3/c1-3-8-14-9-11(15)10-17-13-6-4-12(16-2)5-7-13/h4-7,11,14-15H,3,8-10H2,1-2H3/t11-/m1/s1. The second kappa shape index (κ2) is 7.92. The van der Waals surface area contributed by atoms with E-state index in [9.17, 15) is 5.11 Å². The Kier molecular flexibility index (Phi) is 6.43. The van der Waals surface area contributed by atoms with Gasteiger partial charge in [-0.25, -0.2) is 0 Å². The molecule has 0 aliphatic rings. The lowest BCUT2D eigenvalue weighted by Crippen LogP contribution is -2.31. The minimum absolute atomic E-state index is 0.295. The van der Waals surface area contributed by atoms with Crippen LogP contribution in [0.4, 0.5) is 0 Å². The molecule has 4 nitrogen and oxygen atoms in total. The van der Waals surface area contributed by atoms with Crippen LogP contribution in [0.1, 0.15) is 13.3 Å². The normalized spacial score (nSPS) is 12.2. The van der Waals surface area contributed by atoms with Crippen molar-refractivity contribution in [2.24, 2.45) is 0 Å². The number of methoxy groups -OCH3 is 1. The highest BCUT2D eigenvalue weighted by molar-refractivity contribution is 5.31. The van der Waals surface area contributed by atoms with Crippen molar-refractivity contribution in [3.8, 4) is 11.5 Å². The minimum atomic E-state index is -0.483. The van der Waals surface area contributed by atoms with Crippen molar-refractivity contribution in [3.05, 3.63) is 24.3 Å². The van der Waals surface area contributed by atoms with Crippen molar-refractivity contribution in [1.82, 2.24) is 5.32 Å². The molecule has 1 aromatic rings. The predicted octanol–water partition coefficient (Wildman–Crippen LogP) is 1.43. The van der Waals surface area contributed by atoms with E-state index in [0.717, 1.165) is 24.5 Å². The molecule has 0 aliphatic heterocycles. The predicted molar refractivity (Wildman–Crippen MR) is 67.7 cm³/mol. The highest BCUT2D eigenvalue weighted by Gasteiger charge is 2.04. The molecule has 4 heteroatoms. The summed E-state index contributed by atoms with van der Waals surface area (Å²) in [6.45, 7) is 3.86. The molecule has 1 rings (SSSR count). The zero-order valence-electron chi connectivity index (χ0n) is 10.5. The van der Waals surface area contributed by atoms with Crippen LogP contribution in [-0.2, 0) is 0 Å². The molecule has 17 heavy (non-hydrogen) atoms. The third-order valence-electron chi connectivity index (χ3n) is 2.31. The second-order valence-corrected chi connectivity index (χ2v) is 3.84. The molecule has 96 valence electrons. The Bertz CT molecular complexity index is 300. The van der Waals surface area contributed by atoms with Crippen molar-refractivity contribution < 1.29 is 14.6 Å². The molecule has 1 aromatic carbocycles. The SMILES string of the molecule is CCCNC[C@@H](O)COc1ccc(OC)cc1.